The number of halogens is 2. The van der Waals surface area contributed by atoms with E-state index in [1.807, 2.05) is 13.1 Å². The van der Waals surface area contributed by atoms with Gasteiger partial charge in [0.05, 0.1) is 12.0 Å². The van der Waals surface area contributed by atoms with Gasteiger partial charge in [0.1, 0.15) is 5.82 Å². The molecule has 1 N–H and O–H groups in total. The average molecular weight is 483 g/mol. The Morgan fingerprint density at radius 2 is 2.00 bits per heavy atom. The minimum atomic E-state index is -0.246. The zero-order valence-corrected chi connectivity index (χ0v) is 18.0. The van der Waals surface area contributed by atoms with Gasteiger partial charge in [-0.05, 0) is 42.4 Å². The molecule has 0 radical (unpaired) electrons. The van der Waals surface area contributed by atoms with Gasteiger partial charge in [-0.3, -0.25) is 4.99 Å². The molecule has 2 heterocycles. The van der Waals surface area contributed by atoms with Crippen LogP contribution >= 0.6 is 24.0 Å². The van der Waals surface area contributed by atoms with Crippen LogP contribution in [0.15, 0.2) is 41.9 Å². The molecule has 2 aromatic rings. The van der Waals surface area contributed by atoms with Crippen LogP contribution in [-0.2, 0) is 6.54 Å². The summed E-state index contributed by atoms with van der Waals surface area (Å²) >= 11 is 0. The Hall–Kier alpha value is -1.64. The fourth-order valence-corrected chi connectivity index (χ4v) is 4.36. The van der Waals surface area contributed by atoms with Gasteiger partial charge < -0.3 is 14.8 Å². The maximum absolute atomic E-state index is 14.4. The molecule has 2 aliphatic rings. The van der Waals surface area contributed by atoms with Crippen molar-refractivity contribution in [3.8, 4) is 5.69 Å². The topological polar surface area (TPSA) is 45.5 Å². The first-order chi connectivity index (χ1) is 12.7. The van der Waals surface area contributed by atoms with Crippen molar-refractivity contribution in [1.29, 1.82) is 0 Å². The molecule has 7 heteroatoms. The number of nitrogens with zero attached hydrogens (tertiary/aromatic N) is 4. The maximum atomic E-state index is 14.4. The summed E-state index contributed by atoms with van der Waals surface area (Å²) in [7, 11) is 1.83. The first kappa shape index (κ1) is 20.1. The summed E-state index contributed by atoms with van der Waals surface area (Å²) in [5.74, 6) is 2.31. The number of aliphatic imine (C=N–C) groups is 1. The lowest BCUT2D eigenvalue weighted by Gasteiger charge is -2.22. The molecule has 5 nitrogen and oxygen atoms in total. The van der Waals surface area contributed by atoms with Gasteiger partial charge in [0, 0.05) is 39.1 Å². The van der Waals surface area contributed by atoms with Gasteiger partial charge in [-0.2, -0.15) is 0 Å². The van der Waals surface area contributed by atoms with E-state index in [1.54, 1.807) is 35.4 Å². The lowest BCUT2D eigenvalue weighted by molar-refractivity contribution is 0.299. The summed E-state index contributed by atoms with van der Waals surface area (Å²) in [6.07, 6.45) is 10.4. The quantitative estimate of drug-likeness (QED) is 0.410. The smallest absolute Gasteiger partial charge is 0.193 e. The first-order valence-corrected chi connectivity index (χ1v) is 9.47. The predicted molar refractivity (Wildman–Crippen MR) is 116 cm³/mol. The van der Waals surface area contributed by atoms with Crippen LogP contribution in [0.5, 0.6) is 0 Å². The molecule has 0 spiro atoms. The number of fused-ring (bicyclic) bond motifs is 1. The summed E-state index contributed by atoms with van der Waals surface area (Å²) in [6.45, 7) is 2.76. The highest BCUT2D eigenvalue weighted by Crippen LogP contribution is 2.35. The fraction of sp³-hybridized carbons (Fsp3) is 0.500. The van der Waals surface area contributed by atoms with E-state index >= 15 is 0 Å². The highest BCUT2D eigenvalue weighted by atomic mass is 127. The number of hydrogen-bond acceptors (Lipinski definition) is 2. The van der Waals surface area contributed by atoms with Crippen LogP contribution in [0.3, 0.4) is 0 Å². The van der Waals surface area contributed by atoms with Gasteiger partial charge in [0.25, 0.3) is 0 Å². The molecule has 2 unspecified atom stereocenters. The second-order valence-corrected chi connectivity index (χ2v) is 7.37. The van der Waals surface area contributed by atoms with Gasteiger partial charge >= 0.3 is 0 Å². The minimum absolute atomic E-state index is 0. The summed E-state index contributed by atoms with van der Waals surface area (Å²) in [5, 5.41) is 3.41. The summed E-state index contributed by atoms with van der Waals surface area (Å²) in [4.78, 5) is 10.8. The van der Waals surface area contributed by atoms with Crippen molar-refractivity contribution in [3.63, 3.8) is 0 Å². The molecular formula is C20H27FIN5. The average Bonchev–Trinajstić information content (AvgIpc) is 3.32. The van der Waals surface area contributed by atoms with Crippen LogP contribution in [-0.4, -0.2) is 40.5 Å². The van der Waals surface area contributed by atoms with Crippen molar-refractivity contribution in [1.82, 2.24) is 19.8 Å². The van der Waals surface area contributed by atoms with Crippen LogP contribution in [0, 0.1) is 17.7 Å². The molecule has 1 aromatic carbocycles. The highest BCUT2D eigenvalue weighted by molar-refractivity contribution is 14.0. The van der Waals surface area contributed by atoms with E-state index in [2.05, 4.69) is 20.2 Å². The second kappa shape index (κ2) is 9.03. The van der Waals surface area contributed by atoms with Crippen molar-refractivity contribution >= 4 is 29.9 Å². The molecule has 1 saturated carbocycles. The normalized spacial score (nSPS) is 22.3. The number of aromatic nitrogens is 2. The molecule has 1 aliphatic carbocycles. The monoisotopic (exact) mass is 483 g/mol. The Labute approximate surface area is 177 Å². The number of benzene rings is 1. The summed E-state index contributed by atoms with van der Waals surface area (Å²) < 4.78 is 16.1. The number of hydrogen-bond donors (Lipinski definition) is 1. The van der Waals surface area contributed by atoms with E-state index in [4.69, 9.17) is 0 Å². The van der Waals surface area contributed by atoms with Gasteiger partial charge in [-0.1, -0.05) is 18.9 Å². The molecule has 146 valence electrons. The van der Waals surface area contributed by atoms with E-state index in [0.29, 0.717) is 12.2 Å². The molecule has 1 saturated heterocycles. The molecule has 0 bridgehead atoms. The van der Waals surface area contributed by atoms with E-state index in [9.17, 15) is 4.39 Å². The SMILES string of the molecule is CN=C(NCc1ccc(-n2ccnc2)c(F)c1)N1CC2CCCCC2C1.I. The van der Waals surface area contributed by atoms with Crippen molar-refractivity contribution in [3.05, 3.63) is 48.3 Å². The van der Waals surface area contributed by atoms with Gasteiger partial charge in [0.2, 0.25) is 0 Å². The zero-order chi connectivity index (χ0) is 17.9. The van der Waals surface area contributed by atoms with Gasteiger partial charge in [-0.25, -0.2) is 9.37 Å². The largest absolute Gasteiger partial charge is 0.352 e. The molecule has 2 atom stereocenters. The van der Waals surface area contributed by atoms with Crippen LogP contribution in [0.4, 0.5) is 4.39 Å². The predicted octanol–water partition coefficient (Wildman–Crippen LogP) is 3.83. The minimum Gasteiger partial charge on any atom is -0.352 e. The van der Waals surface area contributed by atoms with Gasteiger partial charge in [-0.15, -0.1) is 24.0 Å². The summed E-state index contributed by atoms with van der Waals surface area (Å²) in [5.41, 5.74) is 1.42. The fourth-order valence-electron chi connectivity index (χ4n) is 4.36. The van der Waals surface area contributed by atoms with Crippen LogP contribution in [0.1, 0.15) is 31.2 Å². The highest BCUT2D eigenvalue weighted by Gasteiger charge is 2.35. The van der Waals surface area contributed by atoms with Gasteiger partial charge in [0.15, 0.2) is 5.96 Å². The number of rotatable bonds is 3. The van der Waals surface area contributed by atoms with Crippen LogP contribution < -0.4 is 5.32 Å². The third-order valence-corrected chi connectivity index (χ3v) is 5.73. The Bertz CT molecular complexity index is 763. The first-order valence-electron chi connectivity index (χ1n) is 9.47. The Morgan fingerprint density at radius 1 is 1.26 bits per heavy atom. The van der Waals surface area contributed by atoms with E-state index in [1.165, 1.54) is 25.7 Å². The Morgan fingerprint density at radius 3 is 2.59 bits per heavy atom. The maximum Gasteiger partial charge on any atom is 0.193 e. The third kappa shape index (κ3) is 4.44. The Kier molecular flexibility index (Phi) is 6.73. The van der Waals surface area contributed by atoms with Crippen molar-refractivity contribution < 1.29 is 4.39 Å². The van der Waals surface area contributed by atoms with E-state index < -0.39 is 0 Å². The molecular weight excluding hydrogens is 456 g/mol. The number of guanidine groups is 1. The number of imidazole rings is 1. The number of nitrogens with one attached hydrogen (secondary N) is 1. The van der Waals surface area contributed by atoms with E-state index in [-0.39, 0.29) is 29.8 Å². The lowest BCUT2D eigenvalue weighted by atomic mass is 9.82. The van der Waals surface area contributed by atoms with Crippen LogP contribution in [0.25, 0.3) is 5.69 Å². The molecule has 0 amide bonds. The zero-order valence-electron chi connectivity index (χ0n) is 15.6. The second-order valence-electron chi connectivity index (χ2n) is 7.37. The standard InChI is InChI=1S/C20H26FN5.HI/c1-22-20(26-12-16-4-2-3-5-17(16)13-26)24-11-15-6-7-19(18(21)10-15)25-9-8-23-14-25;/h6-10,14,16-17H,2-5,11-13H2,1H3,(H,22,24);1H. The lowest BCUT2D eigenvalue weighted by Crippen LogP contribution is -2.39. The molecule has 1 aliphatic heterocycles. The molecule has 1 aromatic heterocycles. The molecule has 27 heavy (non-hydrogen) atoms. The van der Waals surface area contributed by atoms with Crippen molar-refractivity contribution in [2.75, 3.05) is 20.1 Å². The van der Waals surface area contributed by atoms with Crippen molar-refractivity contribution in [2.24, 2.45) is 16.8 Å². The molecule has 2 fully saturated rings. The molecule has 4 rings (SSSR count). The van der Waals surface area contributed by atoms with E-state index in [0.717, 1.165) is 36.4 Å². The summed E-state index contributed by atoms with van der Waals surface area (Å²) in [6, 6.07) is 5.32. The number of likely N-dealkylation sites (tertiary alicyclic amines) is 1. The Balaban J connectivity index is 0.00000210. The van der Waals surface area contributed by atoms with Crippen LogP contribution in [0.2, 0.25) is 0 Å². The van der Waals surface area contributed by atoms with Crippen molar-refractivity contribution in [2.45, 2.75) is 32.2 Å². The third-order valence-electron chi connectivity index (χ3n) is 5.73.